The van der Waals surface area contributed by atoms with Crippen molar-refractivity contribution >= 4 is 40.5 Å². The number of amides is 2. The van der Waals surface area contributed by atoms with E-state index in [1.165, 1.54) is 11.8 Å². The summed E-state index contributed by atoms with van der Waals surface area (Å²) in [5.41, 5.74) is 7.91. The van der Waals surface area contributed by atoms with Gasteiger partial charge in [-0.25, -0.2) is 4.99 Å². The molecule has 2 N–H and O–H groups in total. The number of rotatable bonds is 8. The number of hydrogen-bond acceptors (Lipinski definition) is 6. The SMILES string of the molecule is CCOc1cc(/C=C2/SC(=Nc3ccccc3CC)N(C)C2=O)ccc1OCC(N)=O. The molecule has 8 heteroatoms. The summed E-state index contributed by atoms with van der Waals surface area (Å²) < 4.78 is 11.0. The Kier molecular flexibility index (Phi) is 7.36. The fraction of sp³-hybridized carbons (Fsp3) is 0.261. The van der Waals surface area contributed by atoms with Gasteiger partial charge in [0.15, 0.2) is 23.3 Å². The summed E-state index contributed by atoms with van der Waals surface area (Å²) >= 11 is 1.33. The van der Waals surface area contributed by atoms with Crippen molar-refractivity contribution in [1.29, 1.82) is 0 Å². The molecule has 31 heavy (non-hydrogen) atoms. The number of benzene rings is 2. The number of aryl methyl sites for hydroxylation is 1. The minimum Gasteiger partial charge on any atom is -0.490 e. The molecule has 0 radical (unpaired) electrons. The van der Waals surface area contributed by atoms with Crippen molar-refractivity contribution in [3.05, 3.63) is 58.5 Å². The van der Waals surface area contributed by atoms with Crippen LogP contribution in [0.15, 0.2) is 52.4 Å². The van der Waals surface area contributed by atoms with Gasteiger partial charge in [-0.2, -0.15) is 0 Å². The van der Waals surface area contributed by atoms with Gasteiger partial charge in [0, 0.05) is 7.05 Å². The molecular weight excluding hydrogens is 414 g/mol. The molecule has 1 aliphatic rings. The molecule has 0 aliphatic carbocycles. The van der Waals surface area contributed by atoms with Crippen LogP contribution in [0, 0.1) is 0 Å². The Hall–Kier alpha value is -3.26. The molecule has 1 heterocycles. The van der Waals surface area contributed by atoms with Gasteiger partial charge in [-0.05, 0) is 60.5 Å². The first kappa shape index (κ1) is 22.4. The molecule has 1 saturated heterocycles. The van der Waals surface area contributed by atoms with Crippen LogP contribution in [0.5, 0.6) is 11.5 Å². The smallest absolute Gasteiger partial charge is 0.266 e. The largest absolute Gasteiger partial charge is 0.490 e. The van der Waals surface area contributed by atoms with Crippen LogP contribution in [0.4, 0.5) is 5.69 Å². The van der Waals surface area contributed by atoms with Crippen LogP contribution in [0.3, 0.4) is 0 Å². The van der Waals surface area contributed by atoms with Crippen molar-refractivity contribution in [2.75, 3.05) is 20.3 Å². The standard InChI is InChI=1S/C23H25N3O4S/c1-4-16-8-6-7-9-17(16)25-23-26(3)22(28)20(31-23)13-15-10-11-18(30-14-21(24)27)19(12-15)29-5-2/h6-13H,4-5,14H2,1-3H3,(H2,24,27)/b20-13+,25-23?. The van der Waals surface area contributed by atoms with Gasteiger partial charge in [0.05, 0.1) is 17.2 Å². The third kappa shape index (κ3) is 5.46. The van der Waals surface area contributed by atoms with E-state index in [4.69, 9.17) is 20.2 Å². The number of aliphatic imine (C=N–C) groups is 1. The second-order valence-corrected chi connectivity index (χ2v) is 7.75. The summed E-state index contributed by atoms with van der Waals surface area (Å²) in [6, 6.07) is 13.2. The van der Waals surface area contributed by atoms with Gasteiger partial charge in [-0.1, -0.05) is 31.2 Å². The van der Waals surface area contributed by atoms with Gasteiger partial charge in [-0.15, -0.1) is 0 Å². The molecule has 0 spiro atoms. The highest BCUT2D eigenvalue weighted by molar-refractivity contribution is 8.18. The van der Waals surface area contributed by atoms with Gasteiger partial charge in [0.2, 0.25) is 0 Å². The number of carbonyl (C=O) groups excluding carboxylic acids is 2. The summed E-state index contributed by atoms with van der Waals surface area (Å²) in [7, 11) is 1.72. The molecule has 2 aromatic carbocycles. The van der Waals surface area contributed by atoms with Crippen molar-refractivity contribution in [2.45, 2.75) is 20.3 Å². The third-order valence-corrected chi connectivity index (χ3v) is 5.59. The lowest BCUT2D eigenvalue weighted by Gasteiger charge is -2.11. The highest BCUT2D eigenvalue weighted by Crippen LogP contribution is 2.35. The number of amidine groups is 1. The number of thioether (sulfide) groups is 1. The zero-order valence-corrected chi connectivity index (χ0v) is 18.6. The van der Waals surface area contributed by atoms with E-state index in [0.717, 1.165) is 23.2 Å². The molecular formula is C23H25N3O4S. The zero-order chi connectivity index (χ0) is 22.4. The van der Waals surface area contributed by atoms with Gasteiger partial charge in [-0.3, -0.25) is 14.5 Å². The molecule has 2 aromatic rings. The van der Waals surface area contributed by atoms with Crippen LogP contribution in [0.25, 0.3) is 6.08 Å². The van der Waals surface area contributed by atoms with Crippen LogP contribution < -0.4 is 15.2 Å². The maximum absolute atomic E-state index is 12.8. The number of para-hydroxylation sites is 1. The Balaban J connectivity index is 1.87. The average molecular weight is 440 g/mol. The number of carbonyl (C=O) groups is 2. The van der Waals surface area contributed by atoms with E-state index in [1.807, 2.05) is 31.2 Å². The summed E-state index contributed by atoms with van der Waals surface area (Å²) in [5, 5.41) is 0.628. The highest BCUT2D eigenvalue weighted by Gasteiger charge is 2.30. The summed E-state index contributed by atoms with van der Waals surface area (Å²) in [6.45, 7) is 4.12. The Morgan fingerprint density at radius 2 is 1.94 bits per heavy atom. The van der Waals surface area contributed by atoms with Crippen LogP contribution >= 0.6 is 11.8 Å². The normalized spacial score (nSPS) is 16.2. The first-order chi connectivity index (χ1) is 14.9. The van der Waals surface area contributed by atoms with Crippen LogP contribution in [-0.2, 0) is 16.0 Å². The number of ether oxygens (including phenoxy) is 2. The maximum atomic E-state index is 12.8. The minimum atomic E-state index is -0.568. The van der Waals surface area contributed by atoms with Gasteiger partial charge in [0.25, 0.3) is 11.8 Å². The molecule has 0 bridgehead atoms. The lowest BCUT2D eigenvalue weighted by molar-refractivity contribution is -0.121. The Bertz CT molecular complexity index is 1050. The van der Waals surface area contributed by atoms with Gasteiger partial charge >= 0.3 is 0 Å². The molecule has 1 aliphatic heterocycles. The van der Waals surface area contributed by atoms with E-state index in [-0.39, 0.29) is 12.5 Å². The second-order valence-electron chi connectivity index (χ2n) is 6.75. The lowest BCUT2D eigenvalue weighted by Crippen LogP contribution is -2.23. The van der Waals surface area contributed by atoms with E-state index in [0.29, 0.717) is 28.2 Å². The van der Waals surface area contributed by atoms with Crippen LogP contribution in [0.2, 0.25) is 0 Å². The van der Waals surface area contributed by atoms with Crippen molar-refractivity contribution in [2.24, 2.45) is 10.7 Å². The molecule has 0 aromatic heterocycles. The minimum absolute atomic E-state index is 0.121. The van der Waals surface area contributed by atoms with Crippen molar-refractivity contribution < 1.29 is 19.1 Å². The Morgan fingerprint density at radius 1 is 1.16 bits per heavy atom. The van der Waals surface area contributed by atoms with E-state index in [2.05, 4.69) is 6.92 Å². The first-order valence-electron chi connectivity index (χ1n) is 9.95. The molecule has 1 fully saturated rings. The number of likely N-dealkylation sites (N-methyl/N-ethyl adjacent to an activating group) is 1. The predicted molar refractivity (Wildman–Crippen MR) is 124 cm³/mol. The maximum Gasteiger partial charge on any atom is 0.266 e. The van der Waals surface area contributed by atoms with E-state index in [1.54, 1.807) is 36.2 Å². The van der Waals surface area contributed by atoms with Gasteiger partial charge in [0.1, 0.15) is 0 Å². The second kappa shape index (κ2) is 10.2. The van der Waals surface area contributed by atoms with Crippen molar-refractivity contribution in [1.82, 2.24) is 4.90 Å². The monoisotopic (exact) mass is 439 g/mol. The fourth-order valence-corrected chi connectivity index (χ4v) is 3.96. The van der Waals surface area contributed by atoms with Crippen LogP contribution in [0.1, 0.15) is 25.0 Å². The van der Waals surface area contributed by atoms with Crippen LogP contribution in [-0.4, -0.2) is 42.1 Å². The predicted octanol–water partition coefficient (Wildman–Crippen LogP) is 3.75. The number of nitrogens with zero attached hydrogens (tertiary/aromatic N) is 2. The molecule has 2 amide bonds. The fourth-order valence-electron chi connectivity index (χ4n) is 2.98. The molecule has 0 saturated carbocycles. The zero-order valence-electron chi connectivity index (χ0n) is 17.8. The summed E-state index contributed by atoms with van der Waals surface area (Å²) in [4.78, 5) is 30.6. The summed E-state index contributed by atoms with van der Waals surface area (Å²) in [5.74, 6) is 0.210. The molecule has 0 unspecified atom stereocenters. The average Bonchev–Trinajstić information content (AvgIpc) is 3.01. The van der Waals surface area contributed by atoms with Crippen molar-refractivity contribution in [3.8, 4) is 11.5 Å². The Labute approximate surface area is 185 Å². The highest BCUT2D eigenvalue weighted by atomic mass is 32.2. The van der Waals surface area contributed by atoms with E-state index in [9.17, 15) is 9.59 Å². The van der Waals surface area contributed by atoms with Gasteiger partial charge < -0.3 is 15.2 Å². The number of primary amides is 1. The van der Waals surface area contributed by atoms with E-state index < -0.39 is 5.91 Å². The van der Waals surface area contributed by atoms with Crippen molar-refractivity contribution in [3.63, 3.8) is 0 Å². The molecule has 7 nitrogen and oxygen atoms in total. The first-order valence-corrected chi connectivity index (χ1v) is 10.8. The summed E-state index contributed by atoms with van der Waals surface area (Å²) in [6.07, 6.45) is 2.65. The topological polar surface area (TPSA) is 94.2 Å². The molecule has 0 atom stereocenters. The Morgan fingerprint density at radius 3 is 2.65 bits per heavy atom. The molecule has 3 rings (SSSR count). The van der Waals surface area contributed by atoms with E-state index >= 15 is 0 Å². The number of nitrogens with two attached hydrogens (primary N) is 1. The lowest BCUT2D eigenvalue weighted by atomic mass is 10.1. The molecule has 162 valence electrons. The third-order valence-electron chi connectivity index (χ3n) is 4.53. The quantitative estimate of drug-likeness (QED) is 0.632. The number of hydrogen-bond donors (Lipinski definition) is 1.